The molecule has 2 aromatic carbocycles. The number of nitrogens with zero attached hydrogens (tertiary/aromatic N) is 1. The van der Waals surface area contributed by atoms with Gasteiger partial charge in [0, 0.05) is 18.8 Å². The van der Waals surface area contributed by atoms with Gasteiger partial charge in [0.1, 0.15) is 0 Å². The molecule has 0 unspecified atom stereocenters. The number of rotatable bonds is 5. The molecule has 22 heavy (non-hydrogen) atoms. The van der Waals surface area contributed by atoms with Gasteiger partial charge in [-0.25, -0.2) is 0 Å². The lowest BCUT2D eigenvalue weighted by Gasteiger charge is -2.14. The Morgan fingerprint density at radius 1 is 1.00 bits per heavy atom. The van der Waals surface area contributed by atoms with E-state index in [2.05, 4.69) is 0 Å². The van der Waals surface area contributed by atoms with Crippen LogP contribution >= 0.6 is 0 Å². The second-order valence-corrected chi connectivity index (χ2v) is 4.68. The molecule has 0 aliphatic rings. The highest BCUT2D eigenvalue weighted by atomic mass is 16.5. The first kappa shape index (κ1) is 15.6. The van der Waals surface area contributed by atoms with Crippen LogP contribution in [0.4, 0.5) is 5.69 Å². The Labute approximate surface area is 130 Å². The van der Waals surface area contributed by atoms with Crippen molar-refractivity contribution >= 4 is 17.7 Å². The number of likely N-dealkylation sites (N-methyl/N-ethyl adjacent to an activating group) is 1. The number of para-hydroxylation sites is 1. The minimum atomic E-state index is -0.0963. The maximum absolute atomic E-state index is 12.2. The van der Waals surface area contributed by atoms with Crippen LogP contribution in [0.1, 0.15) is 5.56 Å². The van der Waals surface area contributed by atoms with Crippen molar-refractivity contribution in [2.75, 3.05) is 26.2 Å². The monoisotopic (exact) mass is 297 g/mol. The van der Waals surface area contributed by atoms with E-state index in [9.17, 15) is 4.79 Å². The summed E-state index contributed by atoms with van der Waals surface area (Å²) in [5.41, 5.74) is 1.72. The molecule has 4 nitrogen and oxygen atoms in total. The van der Waals surface area contributed by atoms with Crippen molar-refractivity contribution in [1.29, 1.82) is 0 Å². The van der Waals surface area contributed by atoms with Crippen molar-refractivity contribution in [3.63, 3.8) is 0 Å². The third-order valence-corrected chi connectivity index (χ3v) is 3.30. The van der Waals surface area contributed by atoms with E-state index in [1.165, 1.54) is 6.08 Å². The first-order valence-electron chi connectivity index (χ1n) is 6.88. The lowest BCUT2D eigenvalue weighted by molar-refractivity contribution is -0.113. The number of carbonyl (C=O) groups excluding carboxylic acids is 1. The van der Waals surface area contributed by atoms with Crippen molar-refractivity contribution in [2.45, 2.75) is 0 Å². The van der Waals surface area contributed by atoms with Gasteiger partial charge in [-0.3, -0.25) is 4.79 Å². The van der Waals surface area contributed by atoms with Gasteiger partial charge in [-0.2, -0.15) is 0 Å². The van der Waals surface area contributed by atoms with E-state index in [4.69, 9.17) is 9.47 Å². The van der Waals surface area contributed by atoms with E-state index in [-0.39, 0.29) is 5.91 Å². The Morgan fingerprint density at radius 2 is 1.68 bits per heavy atom. The summed E-state index contributed by atoms with van der Waals surface area (Å²) in [7, 11) is 4.92. The van der Waals surface area contributed by atoms with Gasteiger partial charge in [0.25, 0.3) is 5.91 Å². The van der Waals surface area contributed by atoms with Crippen LogP contribution in [0.3, 0.4) is 0 Å². The summed E-state index contributed by atoms with van der Waals surface area (Å²) in [5, 5.41) is 0. The molecule has 0 heterocycles. The van der Waals surface area contributed by atoms with Crippen molar-refractivity contribution < 1.29 is 14.3 Å². The lowest BCUT2D eigenvalue weighted by atomic mass is 10.2. The summed E-state index contributed by atoms with van der Waals surface area (Å²) in [6.07, 6.45) is 3.29. The topological polar surface area (TPSA) is 38.8 Å². The lowest BCUT2D eigenvalue weighted by Crippen LogP contribution is -2.23. The molecule has 0 atom stereocenters. The quantitative estimate of drug-likeness (QED) is 0.794. The average molecular weight is 297 g/mol. The van der Waals surface area contributed by atoms with Gasteiger partial charge in [0.2, 0.25) is 0 Å². The molecule has 0 bridgehead atoms. The zero-order chi connectivity index (χ0) is 15.9. The summed E-state index contributed by atoms with van der Waals surface area (Å²) in [6.45, 7) is 0. The van der Waals surface area contributed by atoms with Crippen LogP contribution in [-0.4, -0.2) is 27.2 Å². The second kappa shape index (κ2) is 7.31. The molecule has 0 saturated heterocycles. The number of hydrogen-bond donors (Lipinski definition) is 0. The van der Waals surface area contributed by atoms with Crippen LogP contribution in [-0.2, 0) is 4.79 Å². The van der Waals surface area contributed by atoms with Crippen molar-refractivity contribution in [2.24, 2.45) is 0 Å². The van der Waals surface area contributed by atoms with E-state index in [0.717, 1.165) is 11.3 Å². The number of hydrogen-bond acceptors (Lipinski definition) is 3. The maximum atomic E-state index is 12.2. The molecule has 0 aromatic heterocycles. The van der Waals surface area contributed by atoms with Crippen LogP contribution in [0.25, 0.3) is 6.08 Å². The van der Waals surface area contributed by atoms with E-state index in [1.54, 1.807) is 32.2 Å². The maximum Gasteiger partial charge on any atom is 0.250 e. The van der Waals surface area contributed by atoms with Crippen LogP contribution < -0.4 is 14.4 Å². The van der Waals surface area contributed by atoms with Gasteiger partial charge in [-0.1, -0.05) is 24.3 Å². The van der Waals surface area contributed by atoms with Gasteiger partial charge in [0.05, 0.1) is 14.2 Å². The Hall–Kier alpha value is -2.75. The summed E-state index contributed by atoms with van der Waals surface area (Å²) >= 11 is 0. The van der Waals surface area contributed by atoms with Gasteiger partial charge >= 0.3 is 0 Å². The van der Waals surface area contributed by atoms with E-state index in [0.29, 0.717) is 11.5 Å². The Kier molecular flexibility index (Phi) is 5.20. The SMILES string of the molecule is COc1ccc(/C=C/C(=O)N(C)c2ccccc2)cc1OC. The van der Waals surface area contributed by atoms with Crippen LogP contribution in [0.2, 0.25) is 0 Å². The molecule has 2 rings (SSSR count). The standard InChI is InChI=1S/C18H19NO3/c1-19(15-7-5-4-6-8-15)18(20)12-10-14-9-11-16(21-2)17(13-14)22-3/h4-13H,1-3H3/b12-10+. The van der Waals surface area contributed by atoms with E-state index in [1.807, 2.05) is 48.5 Å². The van der Waals surface area contributed by atoms with Crippen molar-refractivity contribution in [1.82, 2.24) is 0 Å². The molecular formula is C18H19NO3. The highest BCUT2D eigenvalue weighted by Crippen LogP contribution is 2.28. The molecule has 114 valence electrons. The Bertz CT molecular complexity index is 665. The first-order valence-corrected chi connectivity index (χ1v) is 6.88. The number of methoxy groups -OCH3 is 2. The molecule has 2 aromatic rings. The minimum Gasteiger partial charge on any atom is -0.493 e. The van der Waals surface area contributed by atoms with Crippen LogP contribution in [0.5, 0.6) is 11.5 Å². The second-order valence-electron chi connectivity index (χ2n) is 4.68. The highest BCUT2D eigenvalue weighted by molar-refractivity contribution is 6.03. The smallest absolute Gasteiger partial charge is 0.250 e. The number of carbonyl (C=O) groups is 1. The summed E-state index contributed by atoms with van der Waals surface area (Å²) in [4.78, 5) is 13.8. The van der Waals surface area contributed by atoms with Crippen molar-refractivity contribution in [3.05, 3.63) is 60.2 Å². The van der Waals surface area contributed by atoms with Crippen molar-refractivity contribution in [3.8, 4) is 11.5 Å². The number of anilines is 1. The zero-order valence-corrected chi connectivity index (χ0v) is 12.9. The number of amides is 1. The predicted molar refractivity (Wildman–Crippen MR) is 88.4 cm³/mol. The first-order chi connectivity index (χ1) is 10.7. The largest absolute Gasteiger partial charge is 0.493 e. The average Bonchev–Trinajstić information content (AvgIpc) is 2.59. The van der Waals surface area contributed by atoms with Gasteiger partial charge < -0.3 is 14.4 Å². The summed E-state index contributed by atoms with van der Waals surface area (Å²) in [6, 6.07) is 15.0. The highest BCUT2D eigenvalue weighted by Gasteiger charge is 2.07. The summed E-state index contributed by atoms with van der Waals surface area (Å²) < 4.78 is 10.4. The number of ether oxygens (including phenoxy) is 2. The molecule has 0 N–H and O–H groups in total. The van der Waals surface area contributed by atoms with Gasteiger partial charge in [0.15, 0.2) is 11.5 Å². The van der Waals surface area contributed by atoms with Crippen LogP contribution in [0.15, 0.2) is 54.6 Å². The Balaban J connectivity index is 2.13. The molecular weight excluding hydrogens is 278 g/mol. The number of benzene rings is 2. The van der Waals surface area contributed by atoms with Crippen LogP contribution in [0, 0.1) is 0 Å². The third kappa shape index (κ3) is 3.67. The fourth-order valence-electron chi connectivity index (χ4n) is 2.01. The fraction of sp³-hybridized carbons (Fsp3) is 0.167. The minimum absolute atomic E-state index is 0.0963. The molecule has 1 amide bonds. The van der Waals surface area contributed by atoms with Gasteiger partial charge in [-0.05, 0) is 35.9 Å². The third-order valence-electron chi connectivity index (χ3n) is 3.30. The fourth-order valence-corrected chi connectivity index (χ4v) is 2.01. The molecule has 4 heteroatoms. The van der Waals surface area contributed by atoms with Gasteiger partial charge in [-0.15, -0.1) is 0 Å². The zero-order valence-electron chi connectivity index (χ0n) is 12.9. The van der Waals surface area contributed by atoms with E-state index < -0.39 is 0 Å². The summed E-state index contributed by atoms with van der Waals surface area (Å²) in [5.74, 6) is 1.20. The van der Waals surface area contributed by atoms with E-state index >= 15 is 0 Å². The molecule has 0 aliphatic carbocycles. The Morgan fingerprint density at radius 3 is 2.32 bits per heavy atom. The predicted octanol–water partition coefficient (Wildman–Crippen LogP) is 3.38. The molecule has 0 spiro atoms. The molecule has 0 fully saturated rings. The molecule has 0 aliphatic heterocycles. The molecule has 0 saturated carbocycles. The molecule has 0 radical (unpaired) electrons. The normalized spacial score (nSPS) is 10.5.